The molecule has 1 amide bonds. The number of Topliss-reactive ketones (excluding diaryl/α,β-unsaturated/α-hetero) is 1. The second kappa shape index (κ2) is 10.8. The molecular weight excluding hydrogens is 460 g/mol. The molecule has 1 aromatic heterocycles. The van der Waals surface area contributed by atoms with E-state index in [1.807, 2.05) is 0 Å². The average molecular weight is 487 g/mol. The quantitative estimate of drug-likeness (QED) is 0.200. The first-order valence-electron chi connectivity index (χ1n) is 11.4. The molecule has 1 atom stereocenters. The van der Waals surface area contributed by atoms with Crippen molar-refractivity contribution in [2.24, 2.45) is 0 Å². The molecular formula is C28H26N2O6. The van der Waals surface area contributed by atoms with Crippen LogP contribution < -0.4 is 9.47 Å². The van der Waals surface area contributed by atoms with Gasteiger partial charge in [-0.3, -0.25) is 14.6 Å². The Kier molecular flexibility index (Phi) is 7.34. The van der Waals surface area contributed by atoms with E-state index < -0.39 is 17.7 Å². The lowest BCUT2D eigenvalue weighted by molar-refractivity contribution is -0.140. The molecule has 2 aromatic carbocycles. The number of hydrogen-bond donors (Lipinski definition) is 2. The van der Waals surface area contributed by atoms with Gasteiger partial charge in [-0.25, -0.2) is 0 Å². The van der Waals surface area contributed by atoms with Gasteiger partial charge >= 0.3 is 0 Å². The van der Waals surface area contributed by atoms with Gasteiger partial charge in [-0.1, -0.05) is 24.8 Å². The molecule has 0 spiro atoms. The van der Waals surface area contributed by atoms with Crippen LogP contribution in [-0.2, 0) is 16.1 Å². The van der Waals surface area contributed by atoms with Gasteiger partial charge in [-0.15, -0.1) is 0 Å². The predicted molar refractivity (Wildman–Crippen MR) is 133 cm³/mol. The van der Waals surface area contributed by atoms with Crippen LogP contribution >= 0.6 is 0 Å². The van der Waals surface area contributed by atoms with Crippen LogP contribution in [0.1, 0.15) is 29.7 Å². The monoisotopic (exact) mass is 486 g/mol. The summed E-state index contributed by atoms with van der Waals surface area (Å²) in [5.74, 6) is -1.15. The molecule has 36 heavy (non-hydrogen) atoms. The van der Waals surface area contributed by atoms with Crippen molar-refractivity contribution in [2.45, 2.75) is 19.5 Å². The molecule has 0 bridgehead atoms. The van der Waals surface area contributed by atoms with Gasteiger partial charge in [0.15, 0.2) is 11.5 Å². The summed E-state index contributed by atoms with van der Waals surface area (Å²) in [5.41, 5.74) is 1.52. The van der Waals surface area contributed by atoms with Crippen molar-refractivity contribution < 1.29 is 29.3 Å². The standard InChI is InChI=1S/C28H26N2O6/c1-3-14-36-21-10-7-19(8-11-21)26(32)24-25(20-9-12-22(31)23(15-20)35-4-2)30(28(34)27(24)33)17-18-6-5-13-29-16-18/h3,5-13,15-16,25,31-32H,1,4,14,17H2,2H3/b26-24+/t25-/m0/s1. The number of pyridine rings is 1. The topological polar surface area (TPSA) is 109 Å². The molecule has 2 N–H and O–H groups in total. The van der Waals surface area contributed by atoms with Gasteiger partial charge in [0.2, 0.25) is 0 Å². The number of ketones is 1. The Balaban J connectivity index is 1.82. The van der Waals surface area contributed by atoms with Gasteiger partial charge in [0.25, 0.3) is 11.7 Å². The van der Waals surface area contributed by atoms with Crippen LogP contribution in [0.4, 0.5) is 0 Å². The first kappa shape index (κ1) is 24.5. The minimum Gasteiger partial charge on any atom is -0.507 e. The fourth-order valence-electron chi connectivity index (χ4n) is 4.07. The van der Waals surface area contributed by atoms with E-state index in [0.29, 0.717) is 30.1 Å². The highest BCUT2D eigenvalue weighted by molar-refractivity contribution is 6.46. The lowest BCUT2D eigenvalue weighted by atomic mass is 9.95. The minimum atomic E-state index is -0.915. The Labute approximate surface area is 208 Å². The number of ether oxygens (including phenoxy) is 2. The maximum atomic E-state index is 13.2. The highest BCUT2D eigenvalue weighted by atomic mass is 16.5. The van der Waals surface area contributed by atoms with Crippen molar-refractivity contribution in [1.29, 1.82) is 0 Å². The van der Waals surface area contributed by atoms with Gasteiger partial charge in [-0.05, 0) is 60.5 Å². The summed E-state index contributed by atoms with van der Waals surface area (Å²) in [6.07, 6.45) is 4.85. The predicted octanol–water partition coefficient (Wildman–Crippen LogP) is 4.37. The Hall–Kier alpha value is -4.59. The average Bonchev–Trinajstić information content (AvgIpc) is 3.14. The SMILES string of the molecule is C=CCOc1ccc(/C(O)=C2\C(=O)C(=O)N(Cc3cccnc3)[C@H]2c2ccc(O)c(OCC)c2)cc1. The molecule has 1 fully saturated rings. The third-order valence-electron chi connectivity index (χ3n) is 5.71. The largest absolute Gasteiger partial charge is 0.507 e. The van der Waals surface area contributed by atoms with Gasteiger partial charge in [-0.2, -0.15) is 0 Å². The minimum absolute atomic E-state index is 0.0585. The number of phenols is 1. The summed E-state index contributed by atoms with van der Waals surface area (Å²) in [7, 11) is 0. The molecule has 0 unspecified atom stereocenters. The van der Waals surface area contributed by atoms with Crippen molar-refractivity contribution in [3.05, 3.63) is 102 Å². The van der Waals surface area contributed by atoms with E-state index in [-0.39, 0.29) is 29.4 Å². The molecule has 8 heteroatoms. The molecule has 184 valence electrons. The van der Waals surface area contributed by atoms with Gasteiger partial charge in [0.05, 0.1) is 18.2 Å². The van der Waals surface area contributed by atoms with Crippen molar-refractivity contribution in [3.8, 4) is 17.2 Å². The van der Waals surface area contributed by atoms with Crippen LogP contribution in [0.3, 0.4) is 0 Å². The maximum absolute atomic E-state index is 13.2. The van der Waals surface area contributed by atoms with E-state index in [4.69, 9.17) is 9.47 Å². The van der Waals surface area contributed by atoms with Crippen molar-refractivity contribution >= 4 is 17.4 Å². The Bertz CT molecular complexity index is 1300. The first-order valence-corrected chi connectivity index (χ1v) is 11.4. The molecule has 0 aliphatic carbocycles. The zero-order chi connectivity index (χ0) is 25.7. The van der Waals surface area contributed by atoms with Gasteiger partial charge < -0.3 is 24.6 Å². The van der Waals surface area contributed by atoms with Crippen molar-refractivity contribution in [1.82, 2.24) is 9.88 Å². The number of rotatable bonds is 9. The fraction of sp³-hybridized carbons (Fsp3) is 0.179. The van der Waals surface area contributed by atoms with E-state index >= 15 is 0 Å². The van der Waals surface area contributed by atoms with Crippen molar-refractivity contribution in [3.63, 3.8) is 0 Å². The number of hydrogen-bond acceptors (Lipinski definition) is 7. The molecule has 2 heterocycles. The lowest BCUT2D eigenvalue weighted by Gasteiger charge is -2.26. The number of aliphatic hydroxyl groups excluding tert-OH is 1. The maximum Gasteiger partial charge on any atom is 0.295 e. The summed E-state index contributed by atoms with van der Waals surface area (Å²) in [6.45, 7) is 6.13. The highest BCUT2D eigenvalue weighted by Crippen LogP contribution is 2.42. The zero-order valence-corrected chi connectivity index (χ0v) is 19.8. The number of nitrogens with zero attached hydrogens (tertiary/aromatic N) is 2. The number of carbonyl (C=O) groups is 2. The molecule has 1 saturated heterocycles. The Morgan fingerprint density at radius 2 is 1.92 bits per heavy atom. The zero-order valence-electron chi connectivity index (χ0n) is 19.8. The smallest absolute Gasteiger partial charge is 0.295 e. The molecule has 3 aromatic rings. The molecule has 4 rings (SSSR count). The van der Waals surface area contributed by atoms with Crippen LogP contribution in [0.2, 0.25) is 0 Å². The van der Waals surface area contributed by atoms with Crippen LogP contribution in [-0.4, -0.2) is 45.0 Å². The third kappa shape index (κ3) is 4.93. The molecule has 1 aliphatic heterocycles. The highest BCUT2D eigenvalue weighted by Gasteiger charge is 2.46. The van der Waals surface area contributed by atoms with E-state index in [1.165, 1.54) is 11.0 Å². The van der Waals surface area contributed by atoms with E-state index in [2.05, 4.69) is 11.6 Å². The summed E-state index contributed by atoms with van der Waals surface area (Å²) < 4.78 is 11.0. The number of aliphatic hydroxyl groups is 1. The normalized spacial score (nSPS) is 16.7. The number of likely N-dealkylation sites (tertiary alicyclic amines) is 1. The fourth-order valence-corrected chi connectivity index (χ4v) is 4.07. The lowest BCUT2D eigenvalue weighted by Crippen LogP contribution is -2.29. The second-order valence-corrected chi connectivity index (χ2v) is 8.07. The van der Waals surface area contributed by atoms with E-state index in [9.17, 15) is 19.8 Å². The summed E-state index contributed by atoms with van der Waals surface area (Å²) in [4.78, 5) is 31.9. The number of benzene rings is 2. The van der Waals surface area contributed by atoms with Crippen molar-refractivity contribution in [2.75, 3.05) is 13.2 Å². The van der Waals surface area contributed by atoms with E-state index in [1.54, 1.807) is 73.9 Å². The van der Waals surface area contributed by atoms with Gasteiger partial charge in [0, 0.05) is 24.5 Å². The second-order valence-electron chi connectivity index (χ2n) is 8.07. The number of amides is 1. The third-order valence-corrected chi connectivity index (χ3v) is 5.71. The Morgan fingerprint density at radius 1 is 1.14 bits per heavy atom. The summed E-state index contributed by atoms with van der Waals surface area (Å²) >= 11 is 0. The van der Waals surface area contributed by atoms with Crippen LogP contribution in [0.5, 0.6) is 17.2 Å². The number of phenolic OH excluding ortho intramolecular Hbond substituents is 1. The van der Waals surface area contributed by atoms with Crippen LogP contribution in [0.15, 0.2) is 85.2 Å². The van der Waals surface area contributed by atoms with Crippen LogP contribution in [0.25, 0.3) is 5.76 Å². The number of carbonyl (C=O) groups excluding carboxylic acids is 2. The molecule has 1 aliphatic rings. The first-order chi connectivity index (χ1) is 17.4. The summed E-state index contributed by atoms with van der Waals surface area (Å²) in [5, 5.41) is 21.4. The number of aromatic hydroxyl groups is 1. The molecule has 0 radical (unpaired) electrons. The number of aromatic nitrogens is 1. The summed E-state index contributed by atoms with van der Waals surface area (Å²) in [6, 6.07) is 13.8. The molecule has 0 saturated carbocycles. The van der Waals surface area contributed by atoms with Gasteiger partial charge in [0.1, 0.15) is 18.1 Å². The molecule has 8 nitrogen and oxygen atoms in total. The Morgan fingerprint density at radius 3 is 2.58 bits per heavy atom. The van der Waals surface area contributed by atoms with E-state index in [0.717, 1.165) is 5.56 Å². The van der Waals surface area contributed by atoms with Crippen LogP contribution in [0, 0.1) is 0 Å².